The van der Waals surface area contributed by atoms with Gasteiger partial charge in [-0.25, -0.2) is 4.98 Å². The molecule has 118 valence electrons. The number of halogens is 3. The summed E-state index contributed by atoms with van der Waals surface area (Å²) in [6.07, 6.45) is -4.57. The molecule has 0 aliphatic heterocycles. The van der Waals surface area contributed by atoms with Crippen molar-refractivity contribution in [3.05, 3.63) is 22.2 Å². The zero-order chi connectivity index (χ0) is 16.0. The molecule has 0 radical (unpaired) electrons. The largest absolute Gasteiger partial charge is 0.405 e. The maximum atomic E-state index is 12.6. The number of aliphatic hydroxyl groups excluding tert-OH is 1. The van der Waals surface area contributed by atoms with Crippen LogP contribution < -0.4 is 10.2 Å². The van der Waals surface area contributed by atoms with E-state index in [2.05, 4.69) is 10.3 Å². The Balaban J connectivity index is 3.24. The summed E-state index contributed by atoms with van der Waals surface area (Å²) in [5.41, 5.74) is -0.547. The molecule has 0 unspecified atom stereocenters. The highest BCUT2D eigenvalue weighted by molar-refractivity contribution is 5.62. The van der Waals surface area contributed by atoms with Crippen molar-refractivity contribution in [3.8, 4) is 0 Å². The molecule has 21 heavy (non-hydrogen) atoms. The van der Waals surface area contributed by atoms with Gasteiger partial charge in [0, 0.05) is 19.2 Å². The summed E-state index contributed by atoms with van der Waals surface area (Å²) in [6.45, 7) is -0.215. The van der Waals surface area contributed by atoms with E-state index in [4.69, 9.17) is 5.11 Å². The van der Waals surface area contributed by atoms with Gasteiger partial charge in [-0.3, -0.25) is 10.1 Å². The predicted octanol–water partition coefficient (Wildman–Crippen LogP) is 1.78. The van der Waals surface area contributed by atoms with Gasteiger partial charge in [0.1, 0.15) is 12.4 Å². The molecule has 0 aliphatic carbocycles. The first-order chi connectivity index (χ1) is 9.78. The van der Waals surface area contributed by atoms with Crippen molar-refractivity contribution in [1.82, 2.24) is 4.98 Å². The van der Waals surface area contributed by atoms with Gasteiger partial charge >= 0.3 is 11.9 Å². The standard InChI is InChI=1S/C11H15F3N4O3/c1-2-15-9-4-3-8(18(20)21)10(16-9)17(5-6-19)7-11(12,13)14/h3-4,19H,2,5-7H2,1H3,(H,15,16). The van der Waals surface area contributed by atoms with Crippen LogP contribution in [0, 0.1) is 10.1 Å². The minimum Gasteiger partial charge on any atom is -0.395 e. The molecule has 0 bridgehead atoms. The molecule has 1 heterocycles. The molecule has 1 aromatic heterocycles. The Morgan fingerprint density at radius 2 is 2.14 bits per heavy atom. The Morgan fingerprint density at radius 1 is 1.48 bits per heavy atom. The highest BCUT2D eigenvalue weighted by Gasteiger charge is 2.34. The number of hydrogen-bond donors (Lipinski definition) is 2. The van der Waals surface area contributed by atoms with Crippen LogP contribution in [0.4, 0.5) is 30.5 Å². The first-order valence-electron chi connectivity index (χ1n) is 6.10. The third-order valence-electron chi connectivity index (χ3n) is 2.45. The van der Waals surface area contributed by atoms with E-state index in [9.17, 15) is 23.3 Å². The third kappa shape index (κ3) is 5.06. The van der Waals surface area contributed by atoms with Crippen molar-refractivity contribution in [2.24, 2.45) is 0 Å². The van der Waals surface area contributed by atoms with Crippen LogP contribution in [-0.2, 0) is 0 Å². The smallest absolute Gasteiger partial charge is 0.395 e. The van der Waals surface area contributed by atoms with Gasteiger partial charge in [0.2, 0.25) is 5.82 Å². The normalized spacial score (nSPS) is 11.3. The van der Waals surface area contributed by atoms with E-state index in [-0.39, 0.29) is 5.82 Å². The zero-order valence-corrected chi connectivity index (χ0v) is 11.2. The average Bonchev–Trinajstić information content (AvgIpc) is 2.36. The fourth-order valence-electron chi connectivity index (χ4n) is 1.69. The van der Waals surface area contributed by atoms with E-state index in [1.54, 1.807) is 6.92 Å². The lowest BCUT2D eigenvalue weighted by Crippen LogP contribution is -2.37. The molecule has 7 nitrogen and oxygen atoms in total. The molecular formula is C11H15F3N4O3. The zero-order valence-electron chi connectivity index (χ0n) is 11.2. The minimum absolute atomic E-state index is 0.225. The quantitative estimate of drug-likeness (QED) is 0.589. The maximum absolute atomic E-state index is 12.6. The van der Waals surface area contributed by atoms with Crippen molar-refractivity contribution in [2.75, 3.05) is 36.5 Å². The summed E-state index contributed by atoms with van der Waals surface area (Å²) in [7, 11) is 0. The number of hydrogen-bond acceptors (Lipinski definition) is 6. The summed E-state index contributed by atoms with van der Waals surface area (Å²) in [5, 5.41) is 22.6. The molecule has 1 rings (SSSR count). The monoisotopic (exact) mass is 308 g/mol. The Labute approximate surface area is 118 Å². The molecule has 10 heteroatoms. The van der Waals surface area contributed by atoms with E-state index in [1.165, 1.54) is 6.07 Å². The Kier molecular flexibility index (Phi) is 5.70. The summed E-state index contributed by atoms with van der Waals surface area (Å²) < 4.78 is 37.7. The van der Waals surface area contributed by atoms with E-state index in [0.29, 0.717) is 11.4 Å². The number of alkyl halides is 3. The van der Waals surface area contributed by atoms with Crippen LogP contribution in [0.15, 0.2) is 12.1 Å². The van der Waals surface area contributed by atoms with Crippen LogP contribution in [0.25, 0.3) is 0 Å². The van der Waals surface area contributed by atoms with Crippen molar-refractivity contribution < 1.29 is 23.2 Å². The topological polar surface area (TPSA) is 91.5 Å². The third-order valence-corrected chi connectivity index (χ3v) is 2.45. The number of aromatic nitrogens is 1. The Morgan fingerprint density at radius 3 is 2.62 bits per heavy atom. The maximum Gasteiger partial charge on any atom is 0.405 e. The van der Waals surface area contributed by atoms with Gasteiger partial charge in [-0.1, -0.05) is 0 Å². The highest BCUT2D eigenvalue weighted by atomic mass is 19.4. The number of rotatable bonds is 7. The number of nitrogens with one attached hydrogen (secondary N) is 1. The summed E-state index contributed by atoms with van der Waals surface area (Å²) in [4.78, 5) is 14.6. The average molecular weight is 308 g/mol. The van der Waals surface area contributed by atoms with Crippen molar-refractivity contribution in [2.45, 2.75) is 13.1 Å². The highest BCUT2D eigenvalue weighted by Crippen LogP contribution is 2.30. The van der Waals surface area contributed by atoms with E-state index in [0.717, 1.165) is 6.07 Å². The molecule has 0 atom stereocenters. The van der Waals surface area contributed by atoms with E-state index in [1.807, 2.05) is 0 Å². The Hall–Kier alpha value is -2.10. The molecule has 0 amide bonds. The van der Waals surface area contributed by atoms with Gasteiger partial charge in [-0.05, 0) is 13.0 Å². The van der Waals surface area contributed by atoms with Crippen LogP contribution in [0.3, 0.4) is 0 Å². The van der Waals surface area contributed by atoms with Crippen LogP contribution >= 0.6 is 0 Å². The van der Waals surface area contributed by atoms with Gasteiger partial charge in [-0.2, -0.15) is 13.2 Å². The molecule has 0 aliphatic rings. The molecule has 0 saturated carbocycles. The van der Waals surface area contributed by atoms with Crippen LogP contribution in [0.1, 0.15) is 6.92 Å². The second-order valence-electron chi connectivity index (χ2n) is 4.09. The minimum atomic E-state index is -4.57. The van der Waals surface area contributed by atoms with Crippen LogP contribution in [-0.4, -0.2) is 47.4 Å². The summed E-state index contributed by atoms with van der Waals surface area (Å²) >= 11 is 0. The molecule has 1 aromatic rings. The first kappa shape index (κ1) is 17.0. The van der Waals surface area contributed by atoms with Crippen molar-refractivity contribution in [1.29, 1.82) is 0 Å². The number of nitrogens with zero attached hydrogens (tertiary/aromatic N) is 3. The fourth-order valence-corrected chi connectivity index (χ4v) is 1.69. The van der Waals surface area contributed by atoms with Gasteiger partial charge in [0.15, 0.2) is 0 Å². The fraction of sp³-hybridized carbons (Fsp3) is 0.545. The summed E-state index contributed by atoms with van der Waals surface area (Å²) in [5.74, 6) is -0.201. The lowest BCUT2D eigenvalue weighted by molar-refractivity contribution is -0.384. The molecule has 0 saturated heterocycles. The molecule has 0 aromatic carbocycles. The molecular weight excluding hydrogens is 293 g/mol. The van der Waals surface area contributed by atoms with Crippen molar-refractivity contribution in [3.63, 3.8) is 0 Å². The van der Waals surface area contributed by atoms with Crippen LogP contribution in [0.5, 0.6) is 0 Å². The molecule has 2 N–H and O–H groups in total. The number of anilines is 2. The lowest BCUT2D eigenvalue weighted by atomic mass is 10.3. The SMILES string of the molecule is CCNc1ccc([N+](=O)[O-])c(N(CCO)CC(F)(F)F)n1. The van der Waals surface area contributed by atoms with Gasteiger partial charge in [0.05, 0.1) is 11.5 Å². The Bertz CT molecular complexity index is 496. The van der Waals surface area contributed by atoms with Crippen molar-refractivity contribution >= 4 is 17.3 Å². The molecule has 0 spiro atoms. The van der Waals surface area contributed by atoms with Crippen LogP contribution in [0.2, 0.25) is 0 Å². The van der Waals surface area contributed by atoms with Gasteiger partial charge in [0.25, 0.3) is 0 Å². The second kappa shape index (κ2) is 7.07. The predicted molar refractivity (Wildman–Crippen MR) is 70.4 cm³/mol. The number of pyridine rings is 1. The van der Waals surface area contributed by atoms with Gasteiger partial charge < -0.3 is 15.3 Å². The van der Waals surface area contributed by atoms with E-state index >= 15 is 0 Å². The molecule has 0 fully saturated rings. The lowest BCUT2D eigenvalue weighted by Gasteiger charge is -2.24. The summed E-state index contributed by atoms with van der Waals surface area (Å²) in [6, 6.07) is 2.40. The number of aliphatic hydroxyl groups is 1. The van der Waals surface area contributed by atoms with Gasteiger partial charge in [-0.15, -0.1) is 0 Å². The van der Waals surface area contributed by atoms with E-state index < -0.39 is 42.3 Å². The number of nitro groups is 1. The first-order valence-corrected chi connectivity index (χ1v) is 6.10. The second-order valence-corrected chi connectivity index (χ2v) is 4.09.